The van der Waals surface area contributed by atoms with Gasteiger partial charge in [0.05, 0.1) is 7.11 Å². The Morgan fingerprint density at radius 2 is 2.33 bits per heavy atom. The average Bonchev–Trinajstić information content (AvgIpc) is 2.90. The number of hydrogen-bond acceptors (Lipinski definition) is 3. The predicted octanol–water partition coefficient (Wildman–Crippen LogP) is 2.09. The largest absolute Gasteiger partial charge is 0.497 e. The normalized spacial score (nSPS) is 18.4. The lowest BCUT2D eigenvalue weighted by molar-refractivity contribution is 0.372. The van der Waals surface area contributed by atoms with E-state index in [9.17, 15) is 0 Å². The third-order valence-corrected chi connectivity index (χ3v) is 3.66. The van der Waals surface area contributed by atoms with E-state index in [4.69, 9.17) is 4.74 Å². The van der Waals surface area contributed by atoms with Crippen LogP contribution in [0.2, 0.25) is 0 Å². The minimum absolute atomic E-state index is 0.645. The van der Waals surface area contributed by atoms with Gasteiger partial charge in [0.25, 0.3) is 0 Å². The van der Waals surface area contributed by atoms with Crippen LogP contribution in [0.15, 0.2) is 30.9 Å². The fraction of sp³-hybridized carbons (Fsp3) is 0.429. The molecule has 0 bridgehead atoms. The molecule has 94 valence electrons. The fourth-order valence-electron chi connectivity index (χ4n) is 2.68. The molecule has 18 heavy (non-hydrogen) atoms. The molecule has 1 heterocycles. The van der Waals surface area contributed by atoms with E-state index < -0.39 is 0 Å². The number of rotatable bonds is 3. The first-order valence-electron chi connectivity index (χ1n) is 6.33. The molecule has 1 unspecified atom stereocenters. The minimum atomic E-state index is 0.645. The van der Waals surface area contributed by atoms with Crippen LogP contribution in [0.3, 0.4) is 0 Å². The Hall–Kier alpha value is -1.84. The van der Waals surface area contributed by atoms with E-state index in [-0.39, 0.29) is 0 Å². The van der Waals surface area contributed by atoms with Crippen LogP contribution in [0.5, 0.6) is 5.75 Å². The molecule has 0 radical (unpaired) electrons. The molecule has 1 atom stereocenters. The SMILES string of the molecule is COc1ccc2c(c1)CC(Cn1cncn1)CC2. The van der Waals surface area contributed by atoms with Crippen molar-refractivity contribution in [1.82, 2.24) is 14.8 Å². The van der Waals surface area contributed by atoms with Crippen molar-refractivity contribution in [3.05, 3.63) is 42.0 Å². The molecule has 0 saturated carbocycles. The standard InChI is InChI=1S/C14H17N3O/c1-18-14-5-4-12-3-2-11(6-13(12)7-14)8-17-10-15-9-16-17/h4-5,7,9-11H,2-3,6,8H2,1H3. The summed E-state index contributed by atoms with van der Waals surface area (Å²) < 4.78 is 7.22. The van der Waals surface area contributed by atoms with E-state index >= 15 is 0 Å². The monoisotopic (exact) mass is 243 g/mol. The van der Waals surface area contributed by atoms with Gasteiger partial charge < -0.3 is 4.74 Å². The second-order valence-electron chi connectivity index (χ2n) is 4.86. The van der Waals surface area contributed by atoms with Gasteiger partial charge >= 0.3 is 0 Å². The molecule has 0 spiro atoms. The smallest absolute Gasteiger partial charge is 0.137 e. The maximum Gasteiger partial charge on any atom is 0.137 e. The highest BCUT2D eigenvalue weighted by atomic mass is 16.5. The minimum Gasteiger partial charge on any atom is -0.497 e. The second kappa shape index (κ2) is 4.80. The first-order chi connectivity index (χ1) is 8.85. The molecular formula is C14H17N3O. The van der Waals surface area contributed by atoms with Crippen molar-refractivity contribution in [2.24, 2.45) is 5.92 Å². The van der Waals surface area contributed by atoms with Crippen LogP contribution < -0.4 is 4.74 Å². The van der Waals surface area contributed by atoms with E-state index in [2.05, 4.69) is 28.3 Å². The lowest BCUT2D eigenvalue weighted by Crippen LogP contribution is -2.19. The molecular weight excluding hydrogens is 226 g/mol. The van der Waals surface area contributed by atoms with Gasteiger partial charge in [0.2, 0.25) is 0 Å². The van der Waals surface area contributed by atoms with Gasteiger partial charge in [-0.3, -0.25) is 4.68 Å². The summed E-state index contributed by atoms with van der Waals surface area (Å²) in [5, 5.41) is 4.18. The molecule has 1 aromatic carbocycles. The molecule has 0 N–H and O–H groups in total. The van der Waals surface area contributed by atoms with Gasteiger partial charge in [-0.2, -0.15) is 5.10 Å². The topological polar surface area (TPSA) is 39.9 Å². The number of aryl methyl sites for hydroxylation is 1. The van der Waals surface area contributed by atoms with Gasteiger partial charge in [0.1, 0.15) is 18.4 Å². The molecule has 0 fully saturated rings. The lowest BCUT2D eigenvalue weighted by Gasteiger charge is -2.24. The Kier molecular flexibility index (Phi) is 3.00. The number of nitrogens with zero attached hydrogens (tertiary/aromatic N) is 3. The number of fused-ring (bicyclic) bond motifs is 1. The molecule has 0 amide bonds. The van der Waals surface area contributed by atoms with Crippen LogP contribution in [0, 0.1) is 5.92 Å². The van der Waals surface area contributed by atoms with Gasteiger partial charge in [-0.15, -0.1) is 0 Å². The predicted molar refractivity (Wildman–Crippen MR) is 68.5 cm³/mol. The molecule has 0 aliphatic heterocycles. The van der Waals surface area contributed by atoms with Gasteiger partial charge in [0.15, 0.2) is 0 Å². The highest BCUT2D eigenvalue weighted by Crippen LogP contribution is 2.29. The molecule has 1 aliphatic rings. The Bertz CT molecular complexity index is 522. The van der Waals surface area contributed by atoms with Crippen molar-refractivity contribution in [1.29, 1.82) is 0 Å². The highest BCUT2D eigenvalue weighted by Gasteiger charge is 2.19. The third-order valence-electron chi connectivity index (χ3n) is 3.66. The Balaban J connectivity index is 1.75. The fourth-order valence-corrected chi connectivity index (χ4v) is 2.68. The zero-order valence-electron chi connectivity index (χ0n) is 10.5. The highest BCUT2D eigenvalue weighted by molar-refractivity contribution is 5.37. The number of benzene rings is 1. The summed E-state index contributed by atoms with van der Waals surface area (Å²) >= 11 is 0. The third kappa shape index (κ3) is 2.23. The Morgan fingerprint density at radius 3 is 3.11 bits per heavy atom. The maximum absolute atomic E-state index is 5.29. The van der Waals surface area contributed by atoms with Gasteiger partial charge in [-0.25, -0.2) is 4.98 Å². The first kappa shape index (κ1) is 11.3. The summed E-state index contributed by atoms with van der Waals surface area (Å²) in [7, 11) is 1.72. The average molecular weight is 243 g/mol. The van der Waals surface area contributed by atoms with Crippen LogP contribution in [-0.4, -0.2) is 21.9 Å². The summed E-state index contributed by atoms with van der Waals surface area (Å²) in [6.07, 6.45) is 6.87. The van der Waals surface area contributed by atoms with Crippen molar-refractivity contribution in [2.45, 2.75) is 25.8 Å². The van der Waals surface area contributed by atoms with Crippen LogP contribution >= 0.6 is 0 Å². The van der Waals surface area contributed by atoms with Crippen LogP contribution in [0.1, 0.15) is 17.5 Å². The van der Waals surface area contributed by atoms with E-state index in [0.29, 0.717) is 5.92 Å². The second-order valence-corrected chi connectivity index (χ2v) is 4.86. The van der Waals surface area contributed by atoms with Gasteiger partial charge in [-0.1, -0.05) is 6.07 Å². The first-order valence-corrected chi connectivity index (χ1v) is 6.33. The summed E-state index contributed by atoms with van der Waals surface area (Å²) in [5.41, 5.74) is 2.89. The number of methoxy groups -OCH3 is 1. The van der Waals surface area contributed by atoms with Crippen LogP contribution in [-0.2, 0) is 19.4 Å². The summed E-state index contributed by atoms with van der Waals surface area (Å²) in [5.74, 6) is 1.60. The van der Waals surface area contributed by atoms with Gasteiger partial charge in [-0.05, 0) is 48.4 Å². The zero-order chi connectivity index (χ0) is 12.4. The number of hydrogen-bond donors (Lipinski definition) is 0. The van der Waals surface area contributed by atoms with Crippen molar-refractivity contribution < 1.29 is 4.74 Å². The zero-order valence-corrected chi connectivity index (χ0v) is 10.5. The molecule has 4 nitrogen and oxygen atoms in total. The molecule has 0 saturated heterocycles. The number of ether oxygens (including phenoxy) is 1. The van der Waals surface area contributed by atoms with E-state index in [1.54, 1.807) is 19.8 Å². The van der Waals surface area contributed by atoms with Crippen molar-refractivity contribution in [2.75, 3.05) is 7.11 Å². The van der Waals surface area contributed by atoms with E-state index in [0.717, 1.165) is 25.1 Å². The van der Waals surface area contributed by atoms with E-state index in [1.165, 1.54) is 17.5 Å². The summed E-state index contributed by atoms with van der Waals surface area (Å²) in [4.78, 5) is 3.99. The van der Waals surface area contributed by atoms with Crippen LogP contribution in [0.4, 0.5) is 0 Å². The molecule has 2 aromatic rings. The van der Waals surface area contributed by atoms with E-state index in [1.807, 2.05) is 4.68 Å². The van der Waals surface area contributed by atoms with Crippen molar-refractivity contribution >= 4 is 0 Å². The Labute approximate surface area is 107 Å². The quantitative estimate of drug-likeness (QED) is 0.828. The summed E-state index contributed by atoms with van der Waals surface area (Å²) in [6.45, 7) is 0.955. The molecule has 3 rings (SSSR count). The molecule has 1 aliphatic carbocycles. The lowest BCUT2D eigenvalue weighted by atomic mass is 9.84. The van der Waals surface area contributed by atoms with Crippen molar-refractivity contribution in [3.8, 4) is 5.75 Å². The van der Waals surface area contributed by atoms with Crippen LogP contribution in [0.25, 0.3) is 0 Å². The van der Waals surface area contributed by atoms with Gasteiger partial charge in [0, 0.05) is 6.54 Å². The maximum atomic E-state index is 5.29. The summed E-state index contributed by atoms with van der Waals surface area (Å²) in [6, 6.07) is 6.42. The van der Waals surface area contributed by atoms with Crippen molar-refractivity contribution in [3.63, 3.8) is 0 Å². The molecule has 4 heteroatoms. The molecule has 1 aromatic heterocycles. The Morgan fingerprint density at radius 1 is 1.39 bits per heavy atom. The number of aromatic nitrogens is 3.